The van der Waals surface area contributed by atoms with Gasteiger partial charge in [0.15, 0.2) is 0 Å². The SMILES string of the molecule is Cc1cccc(C2(O)CNC2)c1OC(F)F. The lowest BCUT2D eigenvalue weighted by atomic mass is 9.86. The molecular weight excluding hydrogens is 216 g/mol. The maximum atomic E-state index is 12.3. The van der Waals surface area contributed by atoms with Crippen LogP contribution < -0.4 is 10.1 Å². The first-order chi connectivity index (χ1) is 7.53. The first kappa shape index (κ1) is 11.3. The number of para-hydroxylation sites is 1. The van der Waals surface area contributed by atoms with E-state index in [2.05, 4.69) is 10.1 Å². The number of benzene rings is 1. The van der Waals surface area contributed by atoms with Crippen LogP contribution >= 0.6 is 0 Å². The van der Waals surface area contributed by atoms with Crippen LogP contribution in [0.5, 0.6) is 5.75 Å². The lowest BCUT2D eigenvalue weighted by Gasteiger charge is -2.39. The number of alkyl halides is 2. The van der Waals surface area contributed by atoms with Crippen molar-refractivity contribution in [2.24, 2.45) is 0 Å². The fourth-order valence-corrected chi connectivity index (χ4v) is 1.82. The molecule has 0 aromatic heterocycles. The molecule has 2 rings (SSSR count). The number of nitrogens with one attached hydrogen (secondary N) is 1. The third-order valence-corrected chi connectivity index (χ3v) is 2.76. The number of halogens is 2. The quantitative estimate of drug-likeness (QED) is 0.823. The Hall–Kier alpha value is -1.20. The van der Waals surface area contributed by atoms with Crippen LogP contribution in [-0.2, 0) is 5.60 Å². The van der Waals surface area contributed by atoms with Gasteiger partial charge in [-0.15, -0.1) is 0 Å². The van der Waals surface area contributed by atoms with Crippen molar-refractivity contribution in [1.29, 1.82) is 0 Å². The van der Waals surface area contributed by atoms with Crippen molar-refractivity contribution in [3.05, 3.63) is 29.3 Å². The van der Waals surface area contributed by atoms with Crippen LogP contribution in [0.3, 0.4) is 0 Å². The van der Waals surface area contributed by atoms with Crippen LogP contribution in [0.15, 0.2) is 18.2 Å². The average Bonchev–Trinajstić information content (AvgIpc) is 2.17. The van der Waals surface area contributed by atoms with Gasteiger partial charge in [-0.2, -0.15) is 8.78 Å². The van der Waals surface area contributed by atoms with Gasteiger partial charge >= 0.3 is 6.61 Å². The molecule has 0 radical (unpaired) electrons. The summed E-state index contributed by atoms with van der Waals surface area (Å²) in [7, 11) is 0. The second-order valence-corrected chi connectivity index (χ2v) is 3.97. The smallest absolute Gasteiger partial charge is 0.387 e. The van der Waals surface area contributed by atoms with Gasteiger partial charge in [0.25, 0.3) is 0 Å². The second-order valence-electron chi connectivity index (χ2n) is 3.97. The minimum absolute atomic E-state index is 0.0847. The molecule has 3 nitrogen and oxygen atoms in total. The van der Waals surface area contributed by atoms with Gasteiger partial charge in [-0.3, -0.25) is 0 Å². The van der Waals surface area contributed by atoms with E-state index in [4.69, 9.17) is 0 Å². The highest BCUT2D eigenvalue weighted by Gasteiger charge is 2.39. The van der Waals surface area contributed by atoms with Crippen molar-refractivity contribution in [3.8, 4) is 5.75 Å². The highest BCUT2D eigenvalue weighted by Crippen LogP contribution is 2.35. The molecule has 1 aromatic carbocycles. The summed E-state index contributed by atoms with van der Waals surface area (Å²) in [4.78, 5) is 0. The molecule has 0 aliphatic carbocycles. The van der Waals surface area contributed by atoms with Crippen molar-refractivity contribution in [1.82, 2.24) is 5.32 Å². The first-order valence-electron chi connectivity index (χ1n) is 5.01. The Bertz CT molecular complexity index is 392. The van der Waals surface area contributed by atoms with Gasteiger partial charge in [0.1, 0.15) is 11.4 Å². The number of hydrogen-bond donors (Lipinski definition) is 2. The molecule has 2 N–H and O–H groups in total. The fraction of sp³-hybridized carbons (Fsp3) is 0.455. The number of aliphatic hydroxyl groups is 1. The number of aryl methyl sites for hydroxylation is 1. The van der Waals surface area contributed by atoms with E-state index in [9.17, 15) is 13.9 Å². The molecule has 5 heteroatoms. The van der Waals surface area contributed by atoms with Crippen molar-refractivity contribution < 1.29 is 18.6 Å². The summed E-state index contributed by atoms with van der Waals surface area (Å²) < 4.78 is 29.0. The third kappa shape index (κ3) is 1.88. The molecule has 0 bridgehead atoms. The summed E-state index contributed by atoms with van der Waals surface area (Å²) in [6, 6.07) is 5.02. The van der Waals surface area contributed by atoms with Crippen LogP contribution in [0.4, 0.5) is 8.78 Å². The van der Waals surface area contributed by atoms with Gasteiger partial charge in [-0.1, -0.05) is 18.2 Å². The largest absolute Gasteiger partial charge is 0.434 e. The topological polar surface area (TPSA) is 41.5 Å². The minimum Gasteiger partial charge on any atom is -0.434 e. The number of β-amino-alcohol motifs (C(OH)–C–C–N with tert-alkyl or cyclic N) is 1. The predicted molar refractivity (Wildman–Crippen MR) is 54.6 cm³/mol. The monoisotopic (exact) mass is 229 g/mol. The maximum absolute atomic E-state index is 12.3. The first-order valence-corrected chi connectivity index (χ1v) is 5.01. The molecule has 0 unspecified atom stereocenters. The zero-order valence-corrected chi connectivity index (χ0v) is 8.84. The Labute approximate surface area is 92.0 Å². The van der Waals surface area contributed by atoms with E-state index in [0.29, 0.717) is 24.2 Å². The van der Waals surface area contributed by atoms with Gasteiger partial charge in [0.05, 0.1) is 0 Å². The summed E-state index contributed by atoms with van der Waals surface area (Å²) >= 11 is 0. The number of ether oxygens (including phenoxy) is 1. The molecule has 1 aromatic rings. The van der Waals surface area contributed by atoms with E-state index in [-0.39, 0.29) is 5.75 Å². The Kier molecular flexibility index (Phi) is 2.82. The normalized spacial score (nSPS) is 18.3. The molecule has 1 saturated heterocycles. The van der Waals surface area contributed by atoms with Crippen LogP contribution in [0.1, 0.15) is 11.1 Å². The van der Waals surface area contributed by atoms with Crippen LogP contribution in [0.25, 0.3) is 0 Å². The van der Waals surface area contributed by atoms with Crippen molar-refractivity contribution >= 4 is 0 Å². The zero-order chi connectivity index (χ0) is 11.8. The van der Waals surface area contributed by atoms with Crippen LogP contribution in [0, 0.1) is 6.92 Å². The predicted octanol–water partition coefficient (Wildman–Crippen LogP) is 1.39. The molecule has 0 amide bonds. The molecule has 1 aliphatic heterocycles. The third-order valence-electron chi connectivity index (χ3n) is 2.76. The van der Waals surface area contributed by atoms with E-state index in [1.54, 1.807) is 25.1 Å². The highest BCUT2D eigenvalue weighted by atomic mass is 19.3. The Morgan fingerprint density at radius 2 is 2.12 bits per heavy atom. The zero-order valence-electron chi connectivity index (χ0n) is 8.84. The van der Waals surface area contributed by atoms with Gasteiger partial charge in [0.2, 0.25) is 0 Å². The molecule has 0 spiro atoms. The summed E-state index contributed by atoms with van der Waals surface area (Å²) in [5.41, 5.74) is -0.0688. The molecular formula is C11H13F2NO2. The van der Waals surface area contributed by atoms with Gasteiger partial charge in [0, 0.05) is 18.7 Å². The van der Waals surface area contributed by atoms with Crippen LogP contribution in [-0.4, -0.2) is 24.8 Å². The number of rotatable bonds is 3. The van der Waals surface area contributed by atoms with Gasteiger partial charge in [-0.25, -0.2) is 0 Å². The molecule has 1 aliphatic rings. The fourth-order valence-electron chi connectivity index (χ4n) is 1.82. The van der Waals surface area contributed by atoms with E-state index < -0.39 is 12.2 Å². The Balaban J connectivity index is 2.39. The van der Waals surface area contributed by atoms with E-state index >= 15 is 0 Å². The average molecular weight is 229 g/mol. The summed E-state index contributed by atoms with van der Waals surface area (Å²) in [6.45, 7) is -0.487. The van der Waals surface area contributed by atoms with Gasteiger partial charge < -0.3 is 15.2 Å². The van der Waals surface area contributed by atoms with E-state index in [1.807, 2.05) is 0 Å². The lowest BCUT2D eigenvalue weighted by molar-refractivity contribution is -0.0596. The lowest BCUT2D eigenvalue weighted by Crippen LogP contribution is -2.56. The van der Waals surface area contributed by atoms with Crippen molar-refractivity contribution in [2.75, 3.05) is 13.1 Å². The van der Waals surface area contributed by atoms with E-state index in [1.165, 1.54) is 0 Å². The molecule has 16 heavy (non-hydrogen) atoms. The highest BCUT2D eigenvalue weighted by molar-refractivity contribution is 5.45. The molecule has 1 fully saturated rings. The molecule has 0 saturated carbocycles. The molecule has 1 heterocycles. The second kappa shape index (κ2) is 3.99. The summed E-state index contributed by atoms with van der Waals surface area (Å²) in [5, 5.41) is 13.0. The van der Waals surface area contributed by atoms with Crippen molar-refractivity contribution in [3.63, 3.8) is 0 Å². The van der Waals surface area contributed by atoms with E-state index in [0.717, 1.165) is 0 Å². The van der Waals surface area contributed by atoms with Crippen LogP contribution in [0.2, 0.25) is 0 Å². The number of hydrogen-bond acceptors (Lipinski definition) is 3. The van der Waals surface area contributed by atoms with Crippen molar-refractivity contribution in [2.45, 2.75) is 19.1 Å². The molecule has 88 valence electrons. The summed E-state index contributed by atoms with van der Waals surface area (Å²) in [5.74, 6) is 0.0847. The Morgan fingerprint density at radius 1 is 1.44 bits per heavy atom. The summed E-state index contributed by atoms with van der Waals surface area (Å²) in [6.07, 6.45) is 0. The standard InChI is InChI=1S/C11H13F2NO2/c1-7-3-2-4-8(9(7)16-10(12)13)11(15)5-14-6-11/h2-4,10,14-15H,5-6H2,1H3. The molecule has 0 atom stereocenters. The maximum Gasteiger partial charge on any atom is 0.387 e. The van der Waals surface area contributed by atoms with Gasteiger partial charge in [-0.05, 0) is 12.5 Å². The Morgan fingerprint density at radius 3 is 2.62 bits per heavy atom. The minimum atomic E-state index is -2.88.